The lowest BCUT2D eigenvalue weighted by Crippen LogP contribution is -2.22. The Kier molecular flexibility index (Phi) is 3.99. The number of hydrogen-bond acceptors (Lipinski definition) is 2. The van der Waals surface area contributed by atoms with Crippen LogP contribution in [-0.4, -0.2) is 13.0 Å². The van der Waals surface area contributed by atoms with Crippen LogP contribution in [0.15, 0.2) is 48.5 Å². The van der Waals surface area contributed by atoms with Crippen molar-refractivity contribution in [3.63, 3.8) is 0 Å². The Hall–Kier alpha value is -2.13. The van der Waals surface area contributed by atoms with Crippen molar-refractivity contribution in [2.45, 2.75) is 31.7 Å². The molecule has 2 aromatic rings. The third kappa shape index (κ3) is 2.64. The molecule has 3 rings (SSSR count). The minimum atomic E-state index is -0.0683. The van der Waals surface area contributed by atoms with E-state index in [0.29, 0.717) is 0 Å². The summed E-state index contributed by atoms with van der Waals surface area (Å²) in [6, 6.07) is 16.6. The molecule has 0 bridgehead atoms. The minimum Gasteiger partial charge on any atom is -0.324 e. The van der Waals surface area contributed by atoms with Crippen LogP contribution in [-0.2, 0) is 11.2 Å². The average Bonchev–Trinajstić information content (AvgIpc) is 2.78. The third-order valence-electron chi connectivity index (χ3n) is 4.60. The second-order valence-electron chi connectivity index (χ2n) is 6.07. The number of anilines is 1. The molecule has 0 spiro atoms. The number of carbonyl (C=O) groups excluding carboxylic acids is 1. The first-order valence-corrected chi connectivity index (χ1v) is 7.79. The average molecular weight is 294 g/mol. The van der Waals surface area contributed by atoms with Crippen LogP contribution in [0, 0.1) is 0 Å². The standard InChI is InChI=1S/C19H22N2O/c1-13-16-12-15(9-11-18(16)21(2)19(13)22)17(20)10-8-14-6-4-3-5-7-14/h3-7,9,11-13,17H,8,10,20H2,1-2H3. The van der Waals surface area contributed by atoms with Gasteiger partial charge in [0.1, 0.15) is 0 Å². The molecule has 1 aliphatic heterocycles. The molecule has 0 aromatic heterocycles. The Labute approximate surface area is 131 Å². The number of fused-ring (bicyclic) bond motifs is 1. The van der Waals surface area contributed by atoms with Crippen LogP contribution in [0.3, 0.4) is 0 Å². The van der Waals surface area contributed by atoms with Gasteiger partial charge in [0.05, 0.1) is 5.92 Å². The maximum Gasteiger partial charge on any atom is 0.234 e. The van der Waals surface area contributed by atoms with E-state index in [1.54, 1.807) is 4.90 Å². The first-order chi connectivity index (χ1) is 10.6. The Morgan fingerprint density at radius 3 is 2.64 bits per heavy atom. The van der Waals surface area contributed by atoms with Gasteiger partial charge < -0.3 is 10.6 Å². The molecule has 0 fully saturated rings. The molecular formula is C19H22N2O. The molecule has 2 unspecified atom stereocenters. The van der Waals surface area contributed by atoms with Gasteiger partial charge in [0, 0.05) is 18.8 Å². The lowest BCUT2D eigenvalue weighted by atomic mass is 9.95. The van der Waals surface area contributed by atoms with Gasteiger partial charge in [-0.15, -0.1) is 0 Å². The van der Waals surface area contributed by atoms with Crippen molar-refractivity contribution in [3.05, 3.63) is 65.2 Å². The molecule has 22 heavy (non-hydrogen) atoms. The summed E-state index contributed by atoms with van der Waals surface area (Å²) in [7, 11) is 1.83. The zero-order valence-corrected chi connectivity index (χ0v) is 13.1. The summed E-state index contributed by atoms with van der Waals surface area (Å²) in [4.78, 5) is 13.8. The number of amides is 1. The molecule has 114 valence electrons. The Morgan fingerprint density at radius 1 is 1.18 bits per heavy atom. The van der Waals surface area contributed by atoms with Crippen molar-refractivity contribution in [3.8, 4) is 0 Å². The van der Waals surface area contributed by atoms with Gasteiger partial charge in [-0.05, 0) is 42.5 Å². The zero-order valence-electron chi connectivity index (χ0n) is 13.1. The van der Waals surface area contributed by atoms with Crippen molar-refractivity contribution >= 4 is 11.6 Å². The maximum absolute atomic E-state index is 12.0. The number of benzene rings is 2. The fourth-order valence-corrected chi connectivity index (χ4v) is 3.13. The number of likely N-dealkylation sites (N-methyl/N-ethyl adjacent to an activating group) is 1. The number of nitrogens with two attached hydrogens (primary N) is 1. The summed E-state index contributed by atoms with van der Waals surface area (Å²) in [5, 5.41) is 0. The predicted molar refractivity (Wildman–Crippen MR) is 90.0 cm³/mol. The molecule has 2 atom stereocenters. The fraction of sp³-hybridized carbons (Fsp3) is 0.316. The maximum atomic E-state index is 12.0. The summed E-state index contributed by atoms with van der Waals surface area (Å²) in [5.41, 5.74) is 10.9. The van der Waals surface area contributed by atoms with Crippen molar-refractivity contribution in [1.82, 2.24) is 0 Å². The van der Waals surface area contributed by atoms with E-state index in [2.05, 4.69) is 36.4 Å². The highest BCUT2D eigenvalue weighted by Gasteiger charge is 2.31. The molecule has 0 saturated carbocycles. The van der Waals surface area contributed by atoms with Gasteiger partial charge in [0.15, 0.2) is 0 Å². The predicted octanol–water partition coefficient (Wildman–Crippen LogP) is 3.40. The van der Waals surface area contributed by atoms with Crippen molar-refractivity contribution in [2.24, 2.45) is 5.73 Å². The molecule has 2 N–H and O–H groups in total. The monoisotopic (exact) mass is 294 g/mol. The highest BCUT2D eigenvalue weighted by Crippen LogP contribution is 2.37. The van der Waals surface area contributed by atoms with Gasteiger partial charge in [-0.25, -0.2) is 0 Å². The van der Waals surface area contributed by atoms with E-state index in [1.165, 1.54) is 5.56 Å². The number of aryl methyl sites for hydroxylation is 1. The first-order valence-electron chi connectivity index (χ1n) is 7.79. The third-order valence-corrected chi connectivity index (χ3v) is 4.60. The summed E-state index contributed by atoms with van der Waals surface area (Å²) in [6.45, 7) is 1.96. The molecule has 1 amide bonds. The van der Waals surface area contributed by atoms with E-state index in [9.17, 15) is 4.79 Å². The van der Waals surface area contributed by atoms with Crippen molar-refractivity contribution < 1.29 is 4.79 Å². The second-order valence-corrected chi connectivity index (χ2v) is 6.07. The topological polar surface area (TPSA) is 46.3 Å². The molecule has 0 radical (unpaired) electrons. The van der Waals surface area contributed by atoms with Crippen molar-refractivity contribution in [1.29, 1.82) is 0 Å². The molecule has 0 aliphatic carbocycles. The number of nitrogens with zero attached hydrogens (tertiary/aromatic N) is 1. The van der Waals surface area contributed by atoms with Gasteiger partial charge in [-0.1, -0.05) is 42.5 Å². The highest BCUT2D eigenvalue weighted by atomic mass is 16.2. The summed E-state index contributed by atoms with van der Waals surface area (Å²) in [6.07, 6.45) is 1.87. The van der Waals surface area contributed by atoms with Gasteiger partial charge in [0.2, 0.25) is 5.91 Å². The molecule has 2 aromatic carbocycles. The molecule has 3 heteroatoms. The highest BCUT2D eigenvalue weighted by molar-refractivity contribution is 6.04. The van der Waals surface area contributed by atoms with E-state index in [4.69, 9.17) is 5.73 Å². The second kappa shape index (κ2) is 5.93. The zero-order chi connectivity index (χ0) is 15.7. The molecular weight excluding hydrogens is 272 g/mol. The van der Waals surface area contributed by atoms with Crippen LogP contribution in [0.1, 0.15) is 42.0 Å². The number of carbonyl (C=O) groups is 1. The molecule has 1 heterocycles. The Balaban J connectivity index is 1.74. The van der Waals surface area contributed by atoms with Crippen LogP contribution in [0.5, 0.6) is 0 Å². The van der Waals surface area contributed by atoms with E-state index >= 15 is 0 Å². The van der Waals surface area contributed by atoms with Crippen LogP contribution < -0.4 is 10.6 Å². The van der Waals surface area contributed by atoms with E-state index in [-0.39, 0.29) is 17.9 Å². The lowest BCUT2D eigenvalue weighted by molar-refractivity contribution is -0.118. The lowest BCUT2D eigenvalue weighted by Gasteiger charge is -2.15. The van der Waals surface area contributed by atoms with Crippen LogP contribution in [0.25, 0.3) is 0 Å². The smallest absolute Gasteiger partial charge is 0.234 e. The molecule has 0 saturated heterocycles. The SMILES string of the molecule is CC1C(=O)N(C)c2ccc(C(N)CCc3ccccc3)cc21. The normalized spacial score (nSPS) is 18.4. The summed E-state index contributed by atoms with van der Waals surface area (Å²) in [5.74, 6) is 0.0891. The van der Waals surface area contributed by atoms with E-state index in [0.717, 1.165) is 29.7 Å². The summed E-state index contributed by atoms with van der Waals surface area (Å²) < 4.78 is 0. The van der Waals surface area contributed by atoms with E-state index in [1.807, 2.05) is 26.1 Å². The Morgan fingerprint density at radius 2 is 1.91 bits per heavy atom. The first kappa shape index (κ1) is 14.8. The van der Waals surface area contributed by atoms with Crippen LogP contribution >= 0.6 is 0 Å². The Bertz CT molecular complexity index is 681. The van der Waals surface area contributed by atoms with Crippen molar-refractivity contribution in [2.75, 3.05) is 11.9 Å². The summed E-state index contributed by atoms with van der Waals surface area (Å²) >= 11 is 0. The van der Waals surface area contributed by atoms with E-state index < -0.39 is 0 Å². The minimum absolute atomic E-state index is 0.00119. The quantitative estimate of drug-likeness (QED) is 0.939. The van der Waals surface area contributed by atoms with Gasteiger partial charge in [-0.2, -0.15) is 0 Å². The molecule has 1 aliphatic rings. The van der Waals surface area contributed by atoms with Gasteiger partial charge >= 0.3 is 0 Å². The number of rotatable bonds is 4. The molecule has 3 nitrogen and oxygen atoms in total. The number of hydrogen-bond donors (Lipinski definition) is 1. The van der Waals surface area contributed by atoms with Gasteiger partial charge in [-0.3, -0.25) is 4.79 Å². The largest absolute Gasteiger partial charge is 0.324 e. The van der Waals surface area contributed by atoms with Crippen LogP contribution in [0.4, 0.5) is 5.69 Å². The fourth-order valence-electron chi connectivity index (χ4n) is 3.13. The van der Waals surface area contributed by atoms with Crippen LogP contribution in [0.2, 0.25) is 0 Å². The van der Waals surface area contributed by atoms with Gasteiger partial charge in [0.25, 0.3) is 0 Å².